The van der Waals surface area contributed by atoms with E-state index in [4.69, 9.17) is 25.8 Å². The Morgan fingerprint density at radius 2 is 2.00 bits per heavy atom. The number of rotatable bonds is 6. The molecule has 0 atom stereocenters. The summed E-state index contributed by atoms with van der Waals surface area (Å²) in [7, 11) is 0. The molecule has 1 fully saturated rings. The number of carbonyl (C=O) groups excluding carboxylic acids is 2. The highest BCUT2D eigenvalue weighted by Gasteiger charge is 2.35. The van der Waals surface area contributed by atoms with E-state index in [0.29, 0.717) is 39.3 Å². The summed E-state index contributed by atoms with van der Waals surface area (Å²) in [5.41, 5.74) is 1.37. The lowest BCUT2D eigenvalue weighted by Crippen LogP contribution is -2.27. The summed E-state index contributed by atoms with van der Waals surface area (Å²) in [6.07, 6.45) is 3.33. The van der Waals surface area contributed by atoms with Gasteiger partial charge in [0.1, 0.15) is 12.4 Å². The van der Waals surface area contributed by atoms with Crippen molar-refractivity contribution in [3.8, 4) is 17.2 Å². The predicted molar refractivity (Wildman–Crippen MR) is 111 cm³/mol. The van der Waals surface area contributed by atoms with Crippen LogP contribution in [0.25, 0.3) is 6.08 Å². The Labute approximate surface area is 176 Å². The summed E-state index contributed by atoms with van der Waals surface area (Å²) in [5.74, 6) is 1.38. The molecular weight excluding hydrogens is 414 g/mol. The molecule has 4 rings (SSSR count). The van der Waals surface area contributed by atoms with Gasteiger partial charge in [-0.15, -0.1) is 0 Å². The standard InChI is InChI=1S/C21H16ClNO5S/c1-2-6-26-15-5-3-4-13(7-15)8-19-20(24)23(21(25)29-19)11-14-9-17-18(10-16(14)22)28-12-27-17/h2-5,7-10H,1,6,11-12H2/b19-8-. The van der Waals surface area contributed by atoms with Crippen molar-refractivity contribution in [2.75, 3.05) is 13.4 Å². The molecule has 148 valence electrons. The zero-order valence-electron chi connectivity index (χ0n) is 15.2. The zero-order valence-corrected chi connectivity index (χ0v) is 16.8. The molecule has 2 amide bonds. The van der Waals surface area contributed by atoms with E-state index >= 15 is 0 Å². The number of nitrogens with zero attached hydrogens (tertiary/aromatic N) is 1. The fourth-order valence-corrected chi connectivity index (χ4v) is 3.94. The molecule has 2 aromatic rings. The first-order chi connectivity index (χ1) is 14.0. The molecule has 0 radical (unpaired) electrons. The van der Waals surface area contributed by atoms with Crippen LogP contribution in [0, 0.1) is 0 Å². The number of amides is 2. The summed E-state index contributed by atoms with van der Waals surface area (Å²) in [5, 5.41) is 0.0541. The first-order valence-corrected chi connectivity index (χ1v) is 9.92. The molecule has 0 bridgehead atoms. The lowest BCUT2D eigenvalue weighted by atomic mass is 10.1. The minimum atomic E-state index is -0.369. The maximum Gasteiger partial charge on any atom is 0.293 e. The number of imide groups is 1. The van der Waals surface area contributed by atoms with Crippen molar-refractivity contribution in [3.63, 3.8) is 0 Å². The summed E-state index contributed by atoms with van der Waals surface area (Å²) in [6.45, 7) is 4.18. The zero-order chi connectivity index (χ0) is 20.4. The van der Waals surface area contributed by atoms with Crippen LogP contribution in [-0.4, -0.2) is 29.4 Å². The van der Waals surface area contributed by atoms with E-state index in [1.807, 2.05) is 18.2 Å². The van der Waals surface area contributed by atoms with E-state index in [2.05, 4.69) is 6.58 Å². The van der Waals surface area contributed by atoms with Gasteiger partial charge in [-0.2, -0.15) is 0 Å². The molecule has 2 aromatic carbocycles. The molecule has 0 N–H and O–H groups in total. The lowest BCUT2D eigenvalue weighted by Gasteiger charge is -2.14. The Bertz CT molecular complexity index is 1040. The number of ether oxygens (including phenoxy) is 3. The largest absolute Gasteiger partial charge is 0.490 e. The molecule has 0 aliphatic carbocycles. The van der Waals surface area contributed by atoms with Gasteiger partial charge in [-0.05, 0) is 47.2 Å². The topological polar surface area (TPSA) is 65.1 Å². The third-order valence-corrected chi connectivity index (χ3v) is 5.53. The van der Waals surface area contributed by atoms with E-state index in [1.54, 1.807) is 30.4 Å². The Morgan fingerprint density at radius 3 is 2.79 bits per heavy atom. The summed E-state index contributed by atoms with van der Waals surface area (Å²) in [4.78, 5) is 26.7. The number of fused-ring (bicyclic) bond motifs is 1. The van der Waals surface area contributed by atoms with E-state index in [9.17, 15) is 9.59 Å². The Hall–Kier alpha value is -2.90. The van der Waals surface area contributed by atoms with Crippen LogP contribution in [-0.2, 0) is 11.3 Å². The second kappa shape index (κ2) is 8.23. The van der Waals surface area contributed by atoms with Crippen molar-refractivity contribution in [1.82, 2.24) is 4.90 Å². The lowest BCUT2D eigenvalue weighted by molar-refractivity contribution is -0.123. The van der Waals surface area contributed by atoms with Gasteiger partial charge in [0.15, 0.2) is 11.5 Å². The number of thioether (sulfide) groups is 1. The van der Waals surface area contributed by atoms with Crippen molar-refractivity contribution in [1.29, 1.82) is 0 Å². The van der Waals surface area contributed by atoms with Gasteiger partial charge in [-0.3, -0.25) is 14.5 Å². The highest BCUT2D eigenvalue weighted by atomic mass is 35.5. The highest BCUT2D eigenvalue weighted by Crippen LogP contribution is 2.39. The first kappa shape index (κ1) is 19.4. The van der Waals surface area contributed by atoms with Crippen molar-refractivity contribution in [3.05, 3.63) is 70.1 Å². The molecular formula is C21H16ClNO5S. The van der Waals surface area contributed by atoms with Crippen LogP contribution in [0.15, 0.2) is 54.0 Å². The SMILES string of the molecule is C=CCOc1cccc(/C=C2\SC(=O)N(Cc3cc4c(cc3Cl)OCO4)C2=O)c1. The minimum Gasteiger partial charge on any atom is -0.490 e. The minimum absolute atomic E-state index is 0.0555. The molecule has 1 saturated heterocycles. The fourth-order valence-electron chi connectivity index (χ4n) is 2.89. The van der Waals surface area contributed by atoms with Crippen LogP contribution in [0.3, 0.4) is 0 Å². The van der Waals surface area contributed by atoms with E-state index in [0.717, 1.165) is 22.2 Å². The Balaban J connectivity index is 1.53. The average Bonchev–Trinajstić information content (AvgIpc) is 3.26. The highest BCUT2D eigenvalue weighted by molar-refractivity contribution is 8.18. The van der Waals surface area contributed by atoms with Gasteiger partial charge in [0.05, 0.1) is 11.4 Å². The molecule has 0 aromatic heterocycles. The van der Waals surface area contributed by atoms with Crippen molar-refractivity contribution in [2.45, 2.75) is 6.54 Å². The number of hydrogen-bond acceptors (Lipinski definition) is 6. The van der Waals surface area contributed by atoms with Gasteiger partial charge in [-0.1, -0.05) is 36.4 Å². The van der Waals surface area contributed by atoms with Gasteiger partial charge in [0.2, 0.25) is 6.79 Å². The number of benzene rings is 2. The monoisotopic (exact) mass is 429 g/mol. The van der Waals surface area contributed by atoms with Crippen LogP contribution in [0.5, 0.6) is 17.2 Å². The first-order valence-electron chi connectivity index (χ1n) is 8.72. The molecule has 2 aliphatic rings. The van der Waals surface area contributed by atoms with E-state index in [1.165, 1.54) is 0 Å². The van der Waals surface area contributed by atoms with Crippen LogP contribution in [0.1, 0.15) is 11.1 Å². The molecule has 8 heteroatoms. The fraction of sp³-hybridized carbons (Fsp3) is 0.143. The average molecular weight is 430 g/mol. The maximum atomic E-state index is 12.8. The molecule has 2 aliphatic heterocycles. The third kappa shape index (κ3) is 4.11. The molecule has 0 unspecified atom stereocenters. The molecule has 6 nitrogen and oxygen atoms in total. The maximum absolute atomic E-state index is 12.8. The molecule has 0 spiro atoms. The van der Waals surface area contributed by atoms with Gasteiger partial charge in [0, 0.05) is 11.1 Å². The summed E-state index contributed by atoms with van der Waals surface area (Å²) < 4.78 is 16.1. The van der Waals surface area contributed by atoms with Gasteiger partial charge >= 0.3 is 0 Å². The van der Waals surface area contributed by atoms with Gasteiger partial charge in [-0.25, -0.2) is 0 Å². The second-order valence-corrected chi connectivity index (χ2v) is 7.64. The number of halogens is 1. The van der Waals surface area contributed by atoms with Gasteiger partial charge < -0.3 is 14.2 Å². The van der Waals surface area contributed by atoms with Gasteiger partial charge in [0.25, 0.3) is 11.1 Å². The van der Waals surface area contributed by atoms with E-state index < -0.39 is 0 Å². The molecule has 2 heterocycles. The number of carbonyl (C=O) groups is 2. The third-order valence-electron chi connectivity index (χ3n) is 4.27. The predicted octanol–water partition coefficient (Wildman–Crippen LogP) is 4.87. The van der Waals surface area contributed by atoms with E-state index in [-0.39, 0.29) is 24.5 Å². The molecule has 0 saturated carbocycles. The smallest absolute Gasteiger partial charge is 0.293 e. The van der Waals surface area contributed by atoms with Crippen molar-refractivity contribution in [2.24, 2.45) is 0 Å². The van der Waals surface area contributed by atoms with Crippen LogP contribution in [0.4, 0.5) is 4.79 Å². The van der Waals surface area contributed by atoms with Crippen molar-refractivity contribution < 1.29 is 23.8 Å². The molecule has 29 heavy (non-hydrogen) atoms. The van der Waals surface area contributed by atoms with Crippen LogP contribution < -0.4 is 14.2 Å². The summed E-state index contributed by atoms with van der Waals surface area (Å²) >= 11 is 7.17. The second-order valence-electron chi connectivity index (χ2n) is 6.24. The number of hydrogen-bond donors (Lipinski definition) is 0. The normalized spacial score (nSPS) is 16.6. The Morgan fingerprint density at radius 1 is 1.21 bits per heavy atom. The quantitative estimate of drug-likeness (QED) is 0.482. The van der Waals surface area contributed by atoms with Crippen LogP contribution in [0.2, 0.25) is 5.02 Å². The van der Waals surface area contributed by atoms with Crippen LogP contribution >= 0.6 is 23.4 Å². The summed E-state index contributed by atoms with van der Waals surface area (Å²) in [6, 6.07) is 10.6. The van der Waals surface area contributed by atoms with Crippen molar-refractivity contribution >= 4 is 40.6 Å². The Kier molecular flexibility index (Phi) is 5.51.